The zero-order valence-electron chi connectivity index (χ0n) is 12.1. The minimum absolute atomic E-state index is 0.471. The fraction of sp³-hybridized carbons (Fsp3) is 0.333. The Labute approximate surface area is 132 Å². The van der Waals surface area contributed by atoms with Crippen molar-refractivity contribution in [3.05, 3.63) is 39.6 Å². The van der Waals surface area contributed by atoms with E-state index in [0.29, 0.717) is 11.7 Å². The second-order valence-corrected chi connectivity index (χ2v) is 6.29. The Bertz CT molecular complexity index is 682. The number of aromatic nitrogens is 2. The highest BCUT2D eigenvalue weighted by Crippen LogP contribution is 2.40. The van der Waals surface area contributed by atoms with Crippen molar-refractivity contribution in [2.24, 2.45) is 5.84 Å². The van der Waals surface area contributed by atoms with Crippen LogP contribution in [0, 0.1) is 13.8 Å². The Balaban J connectivity index is 2.00. The summed E-state index contributed by atoms with van der Waals surface area (Å²) in [6.07, 6.45) is 2.31. The Morgan fingerprint density at radius 1 is 1.19 bits per heavy atom. The maximum absolute atomic E-state index is 5.58. The number of nitrogens with zero attached hydrogens (tertiary/aromatic N) is 2. The minimum atomic E-state index is 0.471. The van der Waals surface area contributed by atoms with Crippen LogP contribution in [0.1, 0.15) is 35.7 Å². The second kappa shape index (κ2) is 5.61. The maximum atomic E-state index is 5.58. The van der Waals surface area contributed by atoms with Gasteiger partial charge in [0.05, 0.1) is 5.69 Å². The third kappa shape index (κ3) is 3.01. The van der Waals surface area contributed by atoms with Crippen LogP contribution in [0.3, 0.4) is 0 Å². The summed E-state index contributed by atoms with van der Waals surface area (Å²) in [4.78, 5) is 9.17. The summed E-state index contributed by atoms with van der Waals surface area (Å²) in [5, 5.41) is 3.39. The average Bonchev–Trinajstić information content (AvgIpc) is 3.29. The van der Waals surface area contributed by atoms with E-state index in [1.807, 2.05) is 13.0 Å². The summed E-state index contributed by atoms with van der Waals surface area (Å²) >= 11 is 3.56. The lowest BCUT2D eigenvalue weighted by molar-refractivity contribution is 0.920. The number of rotatable bonds is 4. The standard InChI is InChI=1S/C15H18BrN5/c1-8-3-6-11(16)12(7-8)18-13-9(2)14(21-17)20-15(19-13)10-4-5-10/h3,6-7,10H,4-5,17H2,1-2H3,(H2,18,19,20,21). The number of halogens is 1. The maximum Gasteiger partial charge on any atom is 0.148 e. The topological polar surface area (TPSA) is 75.9 Å². The van der Waals surface area contributed by atoms with Gasteiger partial charge in [-0.3, -0.25) is 0 Å². The number of anilines is 3. The molecule has 2 aromatic rings. The molecule has 4 N–H and O–H groups in total. The van der Waals surface area contributed by atoms with Gasteiger partial charge in [0.1, 0.15) is 17.5 Å². The van der Waals surface area contributed by atoms with Crippen molar-refractivity contribution in [2.75, 3.05) is 10.7 Å². The third-order valence-corrected chi connectivity index (χ3v) is 4.31. The molecule has 5 nitrogen and oxygen atoms in total. The minimum Gasteiger partial charge on any atom is -0.339 e. The van der Waals surface area contributed by atoms with E-state index < -0.39 is 0 Å². The molecule has 0 atom stereocenters. The summed E-state index contributed by atoms with van der Waals surface area (Å²) in [7, 11) is 0. The van der Waals surface area contributed by atoms with Gasteiger partial charge in [-0.15, -0.1) is 0 Å². The molecule has 1 aliphatic rings. The van der Waals surface area contributed by atoms with Crippen molar-refractivity contribution in [3.63, 3.8) is 0 Å². The van der Waals surface area contributed by atoms with Crippen LogP contribution in [0.4, 0.5) is 17.3 Å². The van der Waals surface area contributed by atoms with E-state index in [0.717, 1.165) is 40.2 Å². The van der Waals surface area contributed by atoms with E-state index in [-0.39, 0.29) is 0 Å². The first-order valence-corrected chi connectivity index (χ1v) is 7.76. The van der Waals surface area contributed by atoms with Gasteiger partial charge >= 0.3 is 0 Å². The zero-order chi connectivity index (χ0) is 15.0. The van der Waals surface area contributed by atoms with Crippen LogP contribution in [-0.2, 0) is 0 Å². The number of hydrazine groups is 1. The van der Waals surface area contributed by atoms with E-state index >= 15 is 0 Å². The highest BCUT2D eigenvalue weighted by Gasteiger charge is 2.28. The van der Waals surface area contributed by atoms with Crippen molar-refractivity contribution >= 4 is 33.3 Å². The van der Waals surface area contributed by atoms with Crippen molar-refractivity contribution in [2.45, 2.75) is 32.6 Å². The normalized spacial score (nSPS) is 14.1. The summed E-state index contributed by atoms with van der Waals surface area (Å²) in [5.41, 5.74) is 5.75. The number of benzene rings is 1. The molecule has 110 valence electrons. The summed E-state index contributed by atoms with van der Waals surface area (Å²) in [6, 6.07) is 6.17. The molecule has 21 heavy (non-hydrogen) atoms. The summed E-state index contributed by atoms with van der Waals surface area (Å²) in [6.45, 7) is 4.02. The van der Waals surface area contributed by atoms with Gasteiger partial charge in [0.25, 0.3) is 0 Å². The van der Waals surface area contributed by atoms with Crippen LogP contribution in [0.25, 0.3) is 0 Å². The van der Waals surface area contributed by atoms with E-state index in [4.69, 9.17) is 5.84 Å². The molecule has 1 fully saturated rings. The first-order valence-electron chi connectivity index (χ1n) is 6.97. The molecule has 3 rings (SSSR count). The Morgan fingerprint density at radius 2 is 1.90 bits per heavy atom. The highest BCUT2D eigenvalue weighted by atomic mass is 79.9. The molecule has 0 spiro atoms. The number of nitrogens with two attached hydrogens (primary N) is 1. The first-order chi connectivity index (χ1) is 10.1. The van der Waals surface area contributed by atoms with Gasteiger partial charge in [-0.1, -0.05) is 6.07 Å². The monoisotopic (exact) mass is 347 g/mol. The van der Waals surface area contributed by atoms with Gasteiger partial charge in [0, 0.05) is 16.0 Å². The first kappa shape index (κ1) is 14.3. The fourth-order valence-corrected chi connectivity index (χ4v) is 2.53. The van der Waals surface area contributed by atoms with Crippen LogP contribution in [0.15, 0.2) is 22.7 Å². The van der Waals surface area contributed by atoms with Crippen LogP contribution < -0.4 is 16.6 Å². The molecule has 1 aliphatic carbocycles. The second-order valence-electron chi connectivity index (χ2n) is 5.43. The lowest BCUT2D eigenvalue weighted by Gasteiger charge is -2.14. The van der Waals surface area contributed by atoms with Crippen molar-refractivity contribution < 1.29 is 0 Å². The SMILES string of the molecule is Cc1ccc(Br)c(Nc2nc(C3CC3)nc(NN)c2C)c1. The largest absolute Gasteiger partial charge is 0.339 e. The van der Waals surface area contributed by atoms with Crippen LogP contribution in [0.5, 0.6) is 0 Å². The quantitative estimate of drug-likeness (QED) is 0.579. The summed E-state index contributed by atoms with van der Waals surface area (Å²) in [5.74, 6) is 8.39. The lowest BCUT2D eigenvalue weighted by atomic mass is 10.2. The Kier molecular flexibility index (Phi) is 3.82. The number of nitrogens with one attached hydrogen (secondary N) is 2. The van der Waals surface area contributed by atoms with E-state index in [1.165, 1.54) is 5.56 Å². The molecule has 0 aliphatic heterocycles. The number of hydrogen-bond donors (Lipinski definition) is 3. The molecule has 0 unspecified atom stereocenters. The number of hydrogen-bond acceptors (Lipinski definition) is 5. The van der Waals surface area contributed by atoms with Crippen molar-refractivity contribution in [1.29, 1.82) is 0 Å². The molecule has 1 aromatic heterocycles. The summed E-state index contributed by atoms with van der Waals surface area (Å²) < 4.78 is 1.00. The number of aryl methyl sites for hydroxylation is 1. The Hall–Kier alpha value is -1.66. The smallest absolute Gasteiger partial charge is 0.148 e. The zero-order valence-corrected chi connectivity index (χ0v) is 13.7. The molecule has 1 saturated carbocycles. The van der Waals surface area contributed by atoms with Gasteiger partial charge in [-0.2, -0.15) is 0 Å². The fourth-order valence-electron chi connectivity index (χ4n) is 2.18. The predicted molar refractivity (Wildman–Crippen MR) is 88.7 cm³/mol. The van der Waals surface area contributed by atoms with Crippen LogP contribution >= 0.6 is 15.9 Å². The van der Waals surface area contributed by atoms with Gasteiger partial charge < -0.3 is 10.7 Å². The number of nitrogen functional groups attached to an aromatic ring is 1. The average molecular weight is 348 g/mol. The van der Waals surface area contributed by atoms with Gasteiger partial charge in [0.2, 0.25) is 0 Å². The molecule has 0 amide bonds. The van der Waals surface area contributed by atoms with E-state index in [2.05, 4.69) is 55.7 Å². The lowest BCUT2D eigenvalue weighted by Crippen LogP contribution is -2.14. The van der Waals surface area contributed by atoms with E-state index in [1.54, 1.807) is 0 Å². The van der Waals surface area contributed by atoms with Gasteiger partial charge in [-0.25, -0.2) is 15.8 Å². The molecule has 0 radical (unpaired) electrons. The molecular formula is C15H18BrN5. The molecule has 0 bridgehead atoms. The van der Waals surface area contributed by atoms with Gasteiger partial charge in [0.15, 0.2) is 0 Å². The van der Waals surface area contributed by atoms with Crippen LogP contribution in [-0.4, -0.2) is 9.97 Å². The predicted octanol–water partition coefficient (Wildman–Crippen LogP) is 3.76. The van der Waals surface area contributed by atoms with Crippen LogP contribution in [0.2, 0.25) is 0 Å². The molecule has 1 aromatic carbocycles. The third-order valence-electron chi connectivity index (χ3n) is 3.62. The Morgan fingerprint density at radius 3 is 2.57 bits per heavy atom. The molecule has 0 saturated heterocycles. The molecular weight excluding hydrogens is 330 g/mol. The van der Waals surface area contributed by atoms with Gasteiger partial charge in [-0.05, 0) is 60.3 Å². The van der Waals surface area contributed by atoms with E-state index in [9.17, 15) is 0 Å². The molecule has 6 heteroatoms. The van der Waals surface area contributed by atoms with Crippen molar-refractivity contribution in [1.82, 2.24) is 9.97 Å². The molecule has 1 heterocycles. The highest BCUT2D eigenvalue weighted by molar-refractivity contribution is 9.10. The van der Waals surface area contributed by atoms with Crippen molar-refractivity contribution in [3.8, 4) is 0 Å².